The van der Waals surface area contributed by atoms with E-state index in [1.807, 2.05) is 44.2 Å². The minimum absolute atomic E-state index is 0. The molecule has 16 heavy (non-hydrogen) atoms. The number of ketones is 1. The predicted octanol–water partition coefficient (Wildman–Crippen LogP) is 3.28. The molecule has 0 fully saturated rings. The Balaban J connectivity index is 0.00000256. The molecular weight excluding hydrogens is 198 g/mol. The second-order valence-electron chi connectivity index (χ2n) is 4.60. The summed E-state index contributed by atoms with van der Waals surface area (Å²) in [5, 5.41) is 3.31. The quantitative estimate of drug-likeness (QED) is 0.590. The fourth-order valence-electron chi connectivity index (χ4n) is 1.61. The van der Waals surface area contributed by atoms with Crippen molar-refractivity contribution in [3.05, 3.63) is 35.9 Å². The van der Waals surface area contributed by atoms with Gasteiger partial charge in [-0.15, -0.1) is 0 Å². The lowest BCUT2D eigenvalue weighted by Gasteiger charge is -2.24. The zero-order chi connectivity index (χ0) is 12.0. The number of hydrogen-bond donors (Lipinski definition) is 1. The summed E-state index contributed by atoms with van der Waals surface area (Å²) in [4.78, 5) is 12.2. The SMILES string of the molecule is CCCCNC(C)(C)C(=O)c1ccccc1.[HH]. The Kier molecular flexibility index (Phi) is 4.69. The van der Waals surface area contributed by atoms with Crippen molar-refractivity contribution in [2.75, 3.05) is 6.54 Å². The Morgan fingerprint density at radius 3 is 2.50 bits per heavy atom. The van der Waals surface area contributed by atoms with E-state index in [9.17, 15) is 4.79 Å². The van der Waals surface area contributed by atoms with Gasteiger partial charge in [0.25, 0.3) is 0 Å². The van der Waals surface area contributed by atoms with Crippen molar-refractivity contribution in [3.8, 4) is 0 Å². The molecule has 0 atom stereocenters. The van der Waals surface area contributed by atoms with Gasteiger partial charge in [0, 0.05) is 6.99 Å². The Hall–Kier alpha value is -1.15. The van der Waals surface area contributed by atoms with Gasteiger partial charge >= 0.3 is 0 Å². The number of unbranched alkanes of at least 4 members (excludes halogenated alkanes) is 1. The second kappa shape index (κ2) is 5.80. The Morgan fingerprint density at radius 1 is 1.31 bits per heavy atom. The number of nitrogens with one attached hydrogen (secondary N) is 1. The minimum Gasteiger partial charge on any atom is -0.305 e. The Bertz CT molecular complexity index is 335. The molecule has 0 aliphatic carbocycles. The van der Waals surface area contributed by atoms with Gasteiger partial charge < -0.3 is 5.32 Å². The molecule has 0 aliphatic heterocycles. The van der Waals surface area contributed by atoms with Gasteiger partial charge in [-0.1, -0.05) is 43.7 Å². The summed E-state index contributed by atoms with van der Waals surface area (Å²) >= 11 is 0. The number of carbonyl (C=O) groups excluding carboxylic acids is 1. The molecule has 0 saturated heterocycles. The first-order valence-electron chi connectivity index (χ1n) is 5.93. The van der Waals surface area contributed by atoms with Crippen LogP contribution in [0, 0.1) is 0 Å². The second-order valence-corrected chi connectivity index (χ2v) is 4.60. The molecule has 0 aromatic heterocycles. The molecule has 2 nitrogen and oxygen atoms in total. The Morgan fingerprint density at radius 2 is 1.94 bits per heavy atom. The maximum absolute atomic E-state index is 12.2. The molecule has 0 bridgehead atoms. The van der Waals surface area contributed by atoms with Crippen LogP contribution in [0.15, 0.2) is 30.3 Å². The summed E-state index contributed by atoms with van der Waals surface area (Å²) in [7, 11) is 0. The molecule has 0 aliphatic rings. The van der Waals surface area contributed by atoms with Crippen molar-refractivity contribution in [3.63, 3.8) is 0 Å². The smallest absolute Gasteiger partial charge is 0.182 e. The van der Waals surface area contributed by atoms with E-state index in [1.165, 1.54) is 0 Å². The number of rotatable bonds is 6. The molecule has 0 heterocycles. The van der Waals surface area contributed by atoms with E-state index < -0.39 is 5.54 Å². The normalized spacial score (nSPS) is 11.4. The third kappa shape index (κ3) is 3.46. The molecular formula is C14H23NO. The zero-order valence-corrected chi connectivity index (χ0v) is 10.4. The molecule has 1 rings (SSSR count). The van der Waals surface area contributed by atoms with Crippen LogP contribution in [0.4, 0.5) is 0 Å². The number of carbonyl (C=O) groups is 1. The number of hydrogen-bond acceptors (Lipinski definition) is 2. The zero-order valence-electron chi connectivity index (χ0n) is 10.4. The lowest BCUT2D eigenvalue weighted by atomic mass is 9.93. The maximum Gasteiger partial charge on any atom is 0.182 e. The van der Waals surface area contributed by atoms with Crippen molar-refractivity contribution in [2.24, 2.45) is 0 Å². The van der Waals surface area contributed by atoms with Crippen LogP contribution >= 0.6 is 0 Å². The van der Waals surface area contributed by atoms with Gasteiger partial charge in [0.2, 0.25) is 0 Å². The fourth-order valence-corrected chi connectivity index (χ4v) is 1.61. The van der Waals surface area contributed by atoms with Crippen LogP contribution in [0.1, 0.15) is 45.4 Å². The standard InChI is InChI=1S/C14H21NO.H2/c1-4-5-11-15-14(2,3)13(16)12-9-7-6-8-10-12;/h6-10,15H,4-5,11H2,1-3H3;1H. The van der Waals surface area contributed by atoms with Crippen LogP contribution in [-0.4, -0.2) is 17.9 Å². The third-order valence-electron chi connectivity index (χ3n) is 2.70. The monoisotopic (exact) mass is 221 g/mol. The molecule has 0 unspecified atom stereocenters. The molecule has 0 radical (unpaired) electrons. The lowest BCUT2D eigenvalue weighted by molar-refractivity contribution is 0.0882. The van der Waals surface area contributed by atoms with Crippen LogP contribution in [-0.2, 0) is 0 Å². The molecule has 2 heteroatoms. The summed E-state index contributed by atoms with van der Waals surface area (Å²) in [6.45, 7) is 6.92. The van der Waals surface area contributed by atoms with Crippen LogP contribution in [0.25, 0.3) is 0 Å². The summed E-state index contributed by atoms with van der Waals surface area (Å²) < 4.78 is 0. The van der Waals surface area contributed by atoms with Gasteiger partial charge in [0.15, 0.2) is 5.78 Å². The highest BCUT2D eigenvalue weighted by atomic mass is 16.1. The molecule has 1 aromatic carbocycles. The third-order valence-corrected chi connectivity index (χ3v) is 2.70. The van der Waals surface area contributed by atoms with Crippen molar-refractivity contribution >= 4 is 5.78 Å². The predicted molar refractivity (Wildman–Crippen MR) is 69.9 cm³/mol. The van der Waals surface area contributed by atoms with Crippen molar-refractivity contribution < 1.29 is 6.22 Å². The lowest BCUT2D eigenvalue weighted by Crippen LogP contribution is -2.47. The van der Waals surface area contributed by atoms with Gasteiger partial charge in [-0.3, -0.25) is 4.79 Å². The largest absolute Gasteiger partial charge is 0.305 e. The van der Waals surface area contributed by atoms with Gasteiger partial charge in [0.1, 0.15) is 0 Å². The van der Waals surface area contributed by atoms with E-state index >= 15 is 0 Å². The van der Waals surface area contributed by atoms with E-state index in [0.29, 0.717) is 0 Å². The average molecular weight is 221 g/mol. The van der Waals surface area contributed by atoms with Crippen molar-refractivity contribution in [1.29, 1.82) is 0 Å². The van der Waals surface area contributed by atoms with Gasteiger partial charge in [-0.05, 0) is 26.8 Å². The maximum atomic E-state index is 12.2. The average Bonchev–Trinajstić information content (AvgIpc) is 2.29. The fraction of sp³-hybridized carbons (Fsp3) is 0.500. The molecule has 0 saturated carbocycles. The number of benzene rings is 1. The highest BCUT2D eigenvalue weighted by Crippen LogP contribution is 2.12. The van der Waals surface area contributed by atoms with Gasteiger partial charge in [-0.25, -0.2) is 0 Å². The topological polar surface area (TPSA) is 29.1 Å². The number of Topliss-reactive ketones (excluding diaryl/α,β-unsaturated/α-hetero) is 1. The first-order chi connectivity index (χ1) is 7.58. The molecule has 0 spiro atoms. The highest BCUT2D eigenvalue weighted by molar-refractivity contribution is 6.02. The van der Waals surface area contributed by atoms with Crippen LogP contribution in [0.2, 0.25) is 0 Å². The van der Waals surface area contributed by atoms with Gasteiger partial charge in [0.05, 0.1) is 5.54 Å². The highest BCUT2D eigenvalue weighted by Gasteiger charge is 2.27. The summed E-state index contributed by atoms with van der Waals surface area (Å²) in [5.41, 5.74) is 0.299. The molecule has 1 aromatic rings. The minimum atomic E-state index is -0.476. The van der Waals surface area contributed by atoms with Crippen molar-refractivity contribution in [2.45, 2.75) is 39.2 Å². The van der Waals surface area contributed by atoms with Crippen molar-refractivity contribution in [1.82, 2.24) is 5.32 Å². The van der Waals surface area contributed by atoms with Crippen LogP contribution in [0.5, 0.6) is 0 Å². The summed E-state index contributed by atoms with van der Waals surface area (Å²) in [6.07, 6.45) is 2.24. The first kappa shape index (κ1) is 12.9. The van der Waals surface area contributed by atoms with Gasteiger partial charge in [-0.2, -0.15) is 0 Å². The first-order valence-corrected chi connectivity index (χ1v) is 5.93. The van der Waals surface area contributed by atoms with E-state index in [2.05, 4.69) is 12.2 Å². The van der Waals surface area contributed by atoms with E-state index in [1.54, 1.807) is 0 Å². The molecule has 1 N–H and O–H groups in total. The molecule has 0 amide bonds. The Labute approximate surface area is 99.5 Å². The molecule has 90 valence electrons. The van der Waals surface area contributed by atoms with E-state index in [0.717, 1.165) is 24.9 Å². The van der Waals surface area contributed by atoms with E-state index in [-0.39, 0.29) is 7.21 Å². The van der Waals surface area contributed by atoms with Crippen LogP contribution < -0.4 is 5.32 Å². The van der Waals surface area contributed by atoms with E-state index in [4.69, 9.17) is 0 Å². The summed E-state index contributed by atoms with van der Waals surface area (Å²) in [5.74, 6) is 0.157. The van der Waals surface area contributed by atoms with Crippen LogP contribution in [0.3, 0.4) is 0 Å². The summed E-state index contributed by atoms with van der Waals surface area (Å²) in [6, 6.07) is 9.45.